The molecule has 2 aromatic rings. The van der Waals surface area contributed by atoms with E-state index in [4.69, 9.17) is 0 Å². The van der Waals surface area contributed by atoms with Crippen molar-refractivity contribution in [1.29, 1.82) is 0 Å². The first-order chi connectivity index (χ1) is 10.5. The first-order valence-corrected chi connectivity index (χ1v) is 7.18. The first-order valence-electron chi connectivity index (χ1n) is 7.18. The summed E-state index contributed by atoms with van der Waals surface area (Å²) in [6.45, 7) is 5.95. The fourth-order valence-corrected chi connectivity index (χ4v) is 2.08. The Labute approximate surface area is 130 Å². The molecule has 0 spiro atoms. The maximum atomic E-state index is 12.3. The molecule has 0 saturated heterocycles. The Morgan fingerprint density at radius 3 is 2.32 bits per heavy atom. The number of rotatable bonds is 4. The predicted octanol–water partition coefficient (Wildman–Crippen LogP) is 3.19. The number of carbonyl (C=O) groups is 2. The lowest BCUT2D eigenvalue weighted by Gasteiger charge is -2.10. The molecule has 0 fully saturated rings. The van der Waals surface area contributed by atoms with Crippen LogP contribution in [0.2, 0.25) is 0 Å². The standard InChI is InChI=1S/C18H20N2O2/c1-12-5-4-6-17(13(12)2)20-18(22)16-9-7-15(8-10-16)11-19-14(3)21/h4-10H,11H2,1-3H3,(H,19,21)(H,20,22). The summed E-state index contributed by atoms with van der Waals surface area (Å²) in [6, 6.07) is 13.0. The third-order valence-corrected chi connectivity index (χ3v) is 3.61. The van der Waals surface area contributed by atoms with Crippen LogP contribution in [0.1, 0.15) is 34.0 Å². The van der Waals surface area contributed by atoms with Crippen molar-refractivity contribution in [3.05, 3.63) is 64.7 Å². The van der Waals surface area contributed by atoms with E-state index in [-0.39, 0.29) is 11.8 Å². The molecular weight excluding hydrogens is 276 g/mol. The van der Waals surface area contributed by atoms with Crippen LogP contribution in [0.15, 0.2) is 42.5 Å². The van der Waals surface area contributed by atoms with Crippen LogP contribution in [0.25, 0.3) is 0 Å². The summed E-state index contributed by atoms with van der Waals surface area (Å²) in [7, 11) is 0. The number of benzene rings is 2. The highest BCUT2D eigenvalue weighted by molar-refractivity contribution is 6.04. The molecular formula is C18H20N2O2. The summed E-state index contributed by atoms with van der Waals surface area (Å²) >= 11 is 0. The van der Waals surface area contributed by atoms with Crippen LogP contribution in [-0.4, -0.2) is 11.8 Å². The maximum Gasteiger partial charge on any atom is 0.255 e. The molecule has 22 heavy (non-hydrogen) atoms. The average Bonchev–Trinajstić information content (AvgIpc) is 2.50. The molecule has 4 nitrogen and oxygen atoms in total. The van der Waals surface area contributed by atoms with Gasteiger partial charge in [-0.3, -0.25) is 9.59 Å². The Morgan fingerprint density at radius 2 is 1.68 bits per heavy atom. The van der Waals surface area contributed by atoms with Gasteiger partial charge in [-0.1, -0.05) is 24.3 Å². The second-order valence-corrected chi connectivity index (χ2v) is 5.31. The Morgan fingerprint density at radius 1 is 1.00 bits per heavy atom. The minimum absolute atomic E-state index is 0.0725. The van der Waals surface area contributed by atoms with E-state index in [9.17, 15) is 9.59 Å². The molecule has 2 aromatic carbocycles. The molecule has 0 saturated carbocycles. The van der Waals surface area contributed by atoms with Gasteiger partial charge in [0.2, 0.25) is 5.91 Å². The SMILES string of the molecule is CC(=O)NCc1ccc(C(=O)Nc2cccc(C)c2C)cc1. The lowest BCUT2D eigenvalue weighted by atomic mass is 10.1. The van der Waals surface area contributed by atoms with E-state index in [0.29, 0.717) is 12.1 Å². The molecule has 4 heteroatoms. The molecule has 0 heterocycles. The zero-order chi connectivity index (χ0) is 16.1. The number of hydrogen-bond acceptors (Lipinski definition) is 2. The Hall–Kier alpha value is -2.62. The fourth-order valence-electron chi connectivity index (χ4n) is 2.08. The number of aryl methyl sites for hydroxylation is 1. The van der Waals surface area contributed by atoms with Gasteiger partial charge in [0.25, 0.3) is 5.91 Å². The summed E-state index contributed by atoms with van der Waals surface area (Å²) in [5.41, 5.74) is 4.58. The van der Waals surface area contributed by atoms with Crippen molar-refractivity contribution in [2.24, 2.45) is 0 Å². The lowest BCUT2D eigenvalue weighted by Crippen LogP contribution is -2.19. The summed E-state index contributed by atoms with van der Waals surface area (Å²) in [4.78, 5) is 23.2. The molecule has 0 unspecified atom stereocenters. The smallest absolute Gasteiger partial charge is 0.255 e. The van der Waals surface area contributed by atoms with E-state index in [0.717, 1.165) is 22.4 Å². The summed E-state index contributed by atoms with van der Waals surface area (Å²) in [5.74, 6) is -0.212. The molecule has 0 bridgehead atoms. The van der Waals surface area contributed by atoms with Crippen molar-refractivity contribution in [2.75, 3.05) is 5.32 Å². The molecule has 2 amide bonds. The maximum absolute atomic E-state index is 12.3. The van der Waals surface area contributed by atoms with Gasteiger partial charge in [0, 0.05) is 24.7 Å². The van der Waals surface area contributed by atoms with Gasteiger partial charge in [-0.15, -0.1) is 0 Å². The molecule has 0 aliphatic carbocycles. The molecule has 0 aliphatic rings. The van der Waals surface area contributed by atoms with Crippen molar-refractivity contribution in [2.45, 2.75) is 27.3 Å². The average molecular weight is 296 g/mol. The van der Waals surface area contributed by atoms with E-state index in [1.165, 1.54) is 6.92 Å². The molecule has 114 valence electrons. The van der Waals surface area contributed by atoms with Crippen LogP contribution in [0.4, 0.5) is 5.69 Å². The normalized spacial score (nSPS) is 10.1. The molecule has 0 aliphatic heterocycles. The Kier molecular flexibility index (Phi) is 4.94. The zero-order valence-electron chi connectivity index (χ0n) is 13.1. The van der Waals surface area contributed by atoms with Crippen LogP contribution in [-0.2, 0) is 11.3 Å². The van der Waals surface area contributed by atoms with Crippen LogP contribution in [0, 0.1) is 13.8 Å². The molecule has 0 aromatic heterocycles. The van der Waals surface area contributed by atoms with Gasteiger partial charge in [-0.05, 0) is 48.7 Å². The van der Waals surface area contributed by atoms with E-state index in [2.05, 4.69) is 10.6 Å². The van der Waals surface area contributed by atoms with Gasteiger partial charge in [0.1, 0.15) is 0 Å². The summed E-state index contributed by atoms with van der Waals surface area (Å²) in [6.07, 6.45) is 0. The second-order valence-electron chi connectivity index (χ2n) is 5.31. The zero-order valence-corrected chi connectivity index (χ0v) is 13.1. The van der Waals surface area contributed by atoms with E-state index >= 15 is 0 Å². The molecule has 0 radical (unpaired) electrons. The third kappa shape index (κ3) is 3.95. The lowest BCUT2D eigenvalue weighted by molar-refractivity contribution is -0.119. The molecule has 2 rings (SSSR count). The summed E-state index contributed by atoms with van der Waals surface area (Å²) in [5, 5.41) is 5.65. The van der Waals surface area contributed by atoms with Gasteiger partial charge in [-0.2, -0.15) is 0 Å². The van der Waals surface area contributed by atoms with Crippen molar-refractivity contribution < 1.29 is 9.59 Å². The number of hydrogen-bond donors (Lipinski definition) is 2. The van der Waals surface area contributed by atoms with E-state index in [1.807, 2.05) is 44.2 Å². The van der Waals surface area contributed by atoms with Gasteiger partial charge < -0.3 is 10.6 Å². The van der Waals surface area contributed by atoms with E-state index < -0.39 is 0 Å². The van der Waals surface area contributed by atoms with Gasteiger partial charge in [0.15, 0.2) is 0 Å². The van der Waals surface area contributed by atoms with Gasteiger partial charge >= 0.3 is 0 Å². The number of nitrogens with one attached hydrogen (secondary N) is 2. The largest absolute Gasteiger partial charge is 0.352 e. The van der Waals surface area contributed by atoms with Crippen molar-refractivity contribution >= 4 is 17.5 Å². The minimum Gasteiger partial charge on any atom is -0.352 e. The number of anilines is 1. The van der Waals surface area contributed by atoms with Crippen LogP contribution >= 0.6 is 0 Å². The second kappa shape index (κ2) is 6.89. The number of amides is 2. The van der Waals surface area contributed by atoms with Crippen molar-refractivity contribution in [3.8, 4) is 0 Å². The highest BCUT2D eigenvalue weighted by atomic mass is 16.2. The van der Waals surface area contributed by atoms with Crippen LogP contribution < -0.4 is 10.6 Å². The fraction of sp³-hybridized carbons (Fsp3) is 0.222. The topological polar surface area (TPSA) is 58.2 Å². The monoisotopic (exact) mass is 296 g/mol. The Balaban J connectivity index is 2.06. The van der Waals surface area contributed by atoms with Crippen molar-refractivity contribution in [3.63, 3.8) is 0 Å². The number of carbonyl (C=O) groups excluding carboxylic acids is 2. The van der Waals surface area contributed by atoms with Gasteiger partial charge in [0.05, 0.1) is 0 Å². The van der Waals surface area contributed by atoms with Crippen molar-refractivity contribution in [1.82, 2.24) is 5.32 Å². The molecule has 0 atom stereocenters. The summed E-state index contributed by atoms with van der Waals surface area (Å²) < 4.78 is 0. The first kappa shape index (κ1) is 15.8. The van der Waals surface area contributed by atoms with Gasteiger partial charge in [-0.25, -0.2) is 0 Å². The highest BCUT2D eigenvalue weighted by Crippen LogP contribution is 2.19. The third-order valence-electron chi connectivity index (χ3n) is 3.61. The Bertz CT molecular complexity index is 691. The highest BCUT2D eigenvalue weighted by Gasteiger charge is 2.08. The minimum atomic E-state index is -0.139. The van der Waals surface area contributed by atoms with Crippen LogP contribution in [0.3, 0.4) is 0 Å². The quantitative estimate of drug-likeness (QED) is 0.910. The predicted molar refractivity (Wildman–Crippen MR) is 87.8 cm³/mol. The van der Waals surface area contributed by atoms with E-state index in [1.54, 1.807) is 12.1 Å². The molecule has 2 N–H and O–H groups in total. The van der Waals surface area contributed by atoms with Crippen LogP contribution in [0.5, 0.6) is 0 Å².